The van der Waals surface area contributed by atoms with Gasteiger partial charge >= 0.3 is 0 Å². The van der Waals surface area contributed by atoms with Crippen LogP contribution in [-0.2, 0) is 9.59 Å². The van der Waals surface area contributed by atoms with Gasteiger partial charge in [0.2, 0.25) is 0 Å². The van der Waals surface area contributed by atoms with Crippen LogP contribution >= 0.6 is 0 Å². The molecule has 150 valence electrons. The van der Waals surface area contributed by atoms with E-state index in [0.29, 0.717) is 12.3 Å². The molecule has 2 heteroatoms. The summed E-state index contributed by atoms with van der Waals surface area (Å²) in [7, 11) is 0. The third-order valence-corrected chi connectivity index (χ3v) is 3.35. The minimum absolute atomic E-state index is 0.255. The summed E-state index contributed by atoms with van der Waals surface area (Å²) in [5.41, 5.74) is 3.98. The zero-order valence-corrected chi connectivity index (χ0v) is 18.5. The van der Waals surface area contributed by atoms with Gasteiger partial charge in [-0.05, 0) is 40.5 Å². The van der Waals surface area contributed by atoms with E-state index >= 15 is 0 Å². The van der Waals surface area contributed by atoms with Crippen LogP contribution in [0.25, 0.3) is 0 Å². The molecule has 2 rings (SSSR count). The van der Waals surface area contributed by atoms with Crippen LogP contribution in [0.2, 0.25) is 0 Å². The van der Waals surface area contributed by atoms with Gasteiger partial charge in [-0.25, -0.2) is 0 Å². The Morgan fingerprint density at radius 1 is 0.704 bits per heavy atom. The predicted molar refractivity (Wildman–Crippen MR) is 118 cm³/mol. The number of carbonyl (C=O) groups excluding carboxylic acids is 2. The lowest BCUT2D eigenvalue weighted by atomic mass is 10.1. The van der Waals surface area contributed by atoms with E-state index in [9.17, 15) is 9.59 Å². The maximum absolute atomic E-state index is 10.3. The molecule has 0 atom stereocenters. The van der Waals surface area contributed by atoms with E-state index in [2.05, 4.69) is 57.2 Å². The van der Waals surface area contributed by atoms with Crippen LogP contribution in [0.5, 0.6) is 0 Å². The zero-order chi connectivity index (χ0) is 21.2. The molecule has 2 aromatic carbocycles. The van der Waals surface area contributed by atoms with E-state index in [1.807, 2.05) is 39.0 Å². The molecular weight excluding hydrogens is 332 g/mol. The average Bonchev–Trinajstić information content (AvgIpc) is 2.58. The third kappa shape index (κ3) is 23.8. The van der Waals surface area contributed by atoms with Gasteiger partial charge in [-0.15, -0.1) is 0 Å². The number of hydrogen-bond acceptors (Lipinski definition) is 2. The molecule has 0 N–H and O–H groups in total. The van der Waals surface area contributed by atoms with E-state index in [-0.39, 0.29) is 11.6 Å². The average molecular weight is 371 g/mol. The van der Waals surface area contributed by atoms with Gasteiger partial charge in [0, 0.05) is 12.8 Å². The number of rotatable bonds is 3. The van der Waals surface area contributed by atoms with E-state index in [1.54, 1.807) is 13.8 Å². The van der Waals surface area contributed by atoms with Crippen LogP contribution in [0.1, 0.15) is 64.2 Å². The summed E-state index contributed by atoms with van der Waals surface area (Å²) in [5.74, 6) is 1.07. The van der Waals surface area contributed by atoms with Crippen LogP contribution in [0.3, 0.4) is 0 Å². The molecular formula is C25H38O2. The van der Waals surface area contributed by atoms with Crippen molar-refractivity contribution in [3.63, 3.8) is 0 Å². The molecule has 0 bridgehead atoms. The molecule has 0 aliphatic heterocycles. The van der Waals surface area contributed by atoms with Gasteiger partial charge in [0.15, 0.2) is 0 Å². The second-order valence-electron chi connectivity index (χ2n) is 7.16. The van der Waals surface area contributed by atoms with Gasteiger partial charge in [0.1, 0.15) is 11.6 Å². The van der Waals surface area contributed by atoms with Crippen molar-refractivity contribution in [3.8, 4) is 0 Å². The summed E-state index contributed by atoms with van der Waals surface area (Å²) in [6, 6.07) is 18.7. The number of hydrogen-bond donors (Lipinski definition) is 0. The standard InChI is InChI=1S/C8H10.C7H8.C6H12O.C4H8O/c1-7-3-5-8(2)6-4-7;1-7-5-3-2-4-6-7;1-5(2)4-6(3)7;1-3-4(2)5/h3-6H,1-2H3;2-6H,1H3;5H,4H2,1-3H3;3H2,1-2H3. The minimum Gasteiger partial charge on any atom is -0.300 e. The first kappa shape index (κ1) is 27.0. The molecule has 0 aliphatic rings. The lowest BCUT2D eigenvalue weighted by molar-refractivity contribution is -0.118. The van der Waals surface area contributed by atoms with Crippen LogP contribution < -0.4 is 0 Å². The number of ketones is 2. The Hall–Kier alpha value is -2.22. The van der Waals surface area contributed by atoms with Crippen molar-refractivity contribution in [1.29, 1.82) is 0 Å². The Morgan fingerprint density at radius 2 is 1.04 bits per heavy atom. The van der Waals surface area contributed by atoms with Crippen LogP contribution in [0, 0.1) is 26.7 Å². The Bertz CT molecular complexity index is 590. The second kappa shape index (κ2) is 17.2. The maximum atomic E-state index is 10.3. The summed E-state index contributed by atoms with van der Waals surface area (Å²) >= 11 is 0. The Kier molecular flexibility index (Phi) is 17.2. The molecule has 0 heterocycles. The fraction of sp³-hybridized carbons (Fsp3) is 0.440. The summed E-state index contributed by atoms with van der Waals surface area (Å²) in [6.45, 7) is 15.4. The number of benzene rings is 2. The molecule has 0 amide bonds. The Morgan fingerprint density at radius 3 is 1.19 bits per heavy atom. The smallest absolute Gasteiger partial charge is 0.130 e. The molecule has 0 saturated heterocycles. The van der Waals surface area contributed by atoms with E-state index in [1.165, 1.54) is 16.7 Å². The largest absolute Gasteiger partial charge is 0.300 e. The van der Waals surface area contributed by atoms with E-state index < -0.39 is 0 Å². The molecule has 0 spiro atoms. The molecule has 0 radical (unpaired) electrons. The molecule has 0 aliphatic carbocycles. The van der Waals surface area contributed by atoms with Gasteiger partial charge in [0.05, 0.1) is 0 Å². The minimum atomic E-state index is 0.255. The van der Waals surface area contributed by atoms with Gasteiger partial charge in [-0.3, -0.25) is 0 Å². The molecule has 0 unspecified atom stereocenters. The summed E-state index contributed by atoms with van der Waals surface area (Å²) in [4.78, 5) is 20.1. The Labute approximate surface area is 167 Å². The molecule has 0 aromatic heterocycles. The van der Waals surface area contributed by atoms with Crippen molar-refractivity contribution < 1.29 is 9.59 Å². The molecule has 0 saturated carbocycles. The van der Waals surface area contributed by atoms with Crippen molar-refractivity contribution in [2.24, 2.45) is 5.92 Å². The van der Waals surface area contributed by atoms with Crippen LogP contribution in [0.4, 0.5) is 0 Å². The van der Waals surface area contributed by atoms with E-state index in [0.717, 1.165) is 6.42 Å². The normalized spacial score (nSPS) is 8.93. The van der Waals surface area contributed by atoms with Crippen molar-refractivity contribution in [3.05, 3.63) is 71.3 Å². The summed E-state index contributed by atoms with van der Waals surface area (Å²) in [5, 5.41) is 0. The molecule has 2 nitrogen and oxygen atoms in total. The van der Waals surface area contributed by atoms with Gasteiger partial charge in [-0.1, -0.05) is 92.1 Å². The van der Waals surface area contributed by atoms with Gasteiger partial charge in [-0.2, -0.15) is 0 Å². The monoisotopic (exact) mass is 370 g/mol. The topological polar surface area (TPSA) is 34.1 Å². The van der Waals surface area contributed by atoms with Crippen molar-refractivity contribution >= 4 is 11.6 Å². The maximum Gasteiger partial charge on any atom is 0.130 e. The first-order valence-electron chi connectivity index (χ1n) is 9.62. The second-order valence-corrected chi connectivity index (χ2v) is 7.16. The fourth-order valence-corrected chi connectivity index (χ4v) is 1.75. The van der Waals surface area contributed by atoms with E-state index in [4.69, 9.17) is 0 Å². The first-order chi connectivity index (χ1) is 12.6. The zero-order valence-electron chi connectivity index (χ0n) is 18.5. The molecule has 0 fully saturated rings. The first-order valence-corrected chi connectivity index (χ1v) is 9.62. The molecule has 2 aromatic rings. The predicted octanol–water partition coefficient (Wildman–Crippen LogP) is 6.91. The van der Waals surface area contributed by atoms with Crippen LogP contribution in [-0.4, -0.2) is 11.6 Å². The highest BCUT2D eigenvalue weighted by Gasteiger charge is 1.95. The number of carbonyl (C=O) groups is 2. The lowest BCUT2D eigenvalue weighted by Crippen LogP contribution is -1.95. The fourth-order valence-electron chi connectivity index (χ4n) is 1.75. The van der Waals surface area contributed by atoms with Crippen molar-refractivity contribution in [2.45, 2.75) is 68.2 Å². The van der Waals surface area contributed by atoms with Crippen molar-refractivity contribution in [2.75, 3.05) is 0 Å². The van der Waals surface area contributed by atoms with Gasteiger partial charge < -0.3 is 9.59 Å². The van der Waals surface area contributed by atoms with Gasteiger partial charge in [0.25, 0.3) is 0 Å². The highest BCUT2D eigenvalue weighted by atomic mass is 16.1. The number of Topliss-reactive ketones (excluding diaryl/α,β-unsaturated/α-hetero) is 2. The third-order valence-electron chi connectivity index (χ3n) is 3.35. The van der Waals surface area contributed by atoms with Crippen LogP contribution in [0.15, 0.2) is 54.6 Å². The Balaban J connectivity index is 0. The lowest BCUT2D eigenvalue weighted by Gasteiger charge is -1.95. The van der Waals surface area contributed by atoms with Crippen molar-refractivity contribution in [1.82, 2.24) is 0 Å². The summed E-state index contributed by atoms with van der Waals surface area (Å²) in [6.07, 6.45) is 1.39. The quantitative estimate of drug-likeness (QED) is 0.588. The summed E-state index contributed by atoms with van der Waals surface area (Å²) < 4.78 is 0. The highest BCUT2D eigenvalue weighted by molar-refractivity contribution is 5.75. The SMILES string of the molecule is CC(=O)CC(C)C.CCC(C)=O.Cc1ccc(C)cc1.Cc1ccccc1. The molecule has 27 heavy (non-hydrogen) atoms. The number of aryl methyl sites for hydroxylation is 3. The highest BCUT2D eigenvalue weighted by Crippen LogP contribution is 1.99.